The second-order valence-corrected chi connectivity index (χ2v) is 6.46. The Morgan fingerprint density at radius 2 is 2.04 bits per heavy atom. The number of aliphatic hydroxyl groups is 1. The average molecular weight is 347 g/mol. The zero-order valence-corrected chi connectivity index (χ0v) is 14.1. The Balaban J connectivity index is 1.51. The third-order valence-electron chi connectivity index (χ3n) is 4.40. The summed E-state index contributed by atoms with van der Waals surface area (Å²) in [6.07, 6.45) is 3.12. The quantitative estimate of drug-likeness (QED) is 0.763. The molecule has 3 N–H and O–H groups in total. The molecule has 1 aliphatic heterocycles. The molecule has 2 amide bonds. The van der Waals surface area contributed by atoms with Gasteiger partial charge >= 0.3 is 6.03 Å². The van der Waals surface area contributed by atoms with Gasteiger partial charge in [-0.25, -0.2) is 9.18 Å². The zero-order valence-electron chi connectivity index (χ0n) is 14.1. The number of amides is 2. The Morgan fingerprint density at radius 1 is 1.28 bits per heavy atom. The topological polar surface area (TPSA) is 92.1 Å². The molecule has 8 heteroatoms. The molecule has 0 aliphatic carbocycles. The number of carbonyl (C=O) groups is 1. The van der Waals surface area contributed by atoms with E-state index in [1.807, 2.05) is 4.57 Å². The predicted molar refractivity (Wildman–Crippen MR) is 89.2 cm³/mol. The lowest BCUT2D eigenvalue weighted by molar-refractivity contribution is 0.0593. The fourth-order valence-corrected chi connectivity index (χ4v) is 2.88. The monoisotopic (exact) mass is 347 g/mol. The van der Waals surface area contributed by atoms with E-state index in [9.17, 15) is 14.3 Å². The number of hydrogen-bond acceptors (Lipinski definition) is 4. The minimum atomic E-state index is -1.29. The first-order chi connectivity index (χ1) is 12.0. The summed E-state index contributed by atoms with van der Waals surface area (Å²) in [5, 5.41) is 24.1. The maximum absolute atomic E-state index is 13.0. The summed E-state index contributed by atoms with van der Waals surface area (Å²) in [6.45, 7) is 2.72. The molecule has 25 heavy (non-hydrogen) atoms. The van der Waals surface area contributed by atoms with Crippen molar-refractivity contribution in [2.75, 3.05) is 6.54 Å². The molecular formula is C17H22FN5O2. The molecule has 3 rings (SSSR count). The first-order valence-electron chi connectivity index (χ1n) is 8.37. The minimum absolute atomic E-state index is 0.00239. The second-order valence-electron chi connectivity index (χ2n) is 6.46. The number of hydrogen-bond donors (Lipinski definition) is 3. The first-order valence-corrected chi connectivity index (χ1v) is 8.37. The van der Waals surface area contributed by atoms with E-state index < -0.39 is 11.6 Å². The van der Waals surface area contributed by atoms with Crippen LogP contribution in [-0.2, 0) is 25.1 Å². The summed E-state index contributed by atoms with van der Waals surface area (Å²) in [4.78, 5) is 12.0. The number of halogens is 1. The smallest absolute Gasteiger partial charge is 0.315 e. The minimum Gasteiger partial charge on any atom is -0.384 e. The van der Waals surface area contributed by atoms with Gasteiger partial charge in [0.15, 0.2) is 5.82 Å². The number of fused-ring (bicyclic) bond motifs is 1. The van der Waals surface area contributed by atoms with Crippen LogP contribution in [0.15, 0.2) is 24.3 Å². The van der Waals surface area contributed by atoms with Crippen molar-refractivity contribution in [2.24, 2.45) is 0 Å². The fraction of sp³-hybridized carbons (Fsp3) is 0.471. The Kier molecular flexibility index (Phi) is 4.98. The van der Waals surface area contributed by atoms with Crippen LogP contribution in [-0.4, -0.2) is 32.4 Å². The van der Waals surface area contributed by atoms with E-state index >= 15 is 0 Å². The van der Waals surface area contributed by atoms with Crippen LogP contribution in [0.5, 0.6) is 0 Å². The van der Waals surface area contributed by atoms with Crippen molar-refractivity contribution in [1.29, 1.82) is 0 Å². The molecule has 1 unspecified atom stereocenters. The van der Waals surface area contributed by atoms with Gasteiger partial charge in [0.1, 0.15) is 17.2 Å². The van der Waals surface area contributed by atoms with E-state index in [1.54, 1.807) is 6.92 Å². The largest absolute Gasteiger partial charge is 0.384 e. The van der Waals surface area contributed by atoms with Gasteiger partial charge < -0.3 is 20.3 Å². The van der Waals surface area contributed by atoms with Gasteiger partial charge in [-0.15, -0.1) is 10.2 Å². The van der Waals surface area contributed by atoms with Crippen molar-refractivity contribution in [1.82, 2.24) is 25.4 Å². The molecule has 0 bridgehead atoms. The number of rotatable bonds is 5. The van der Waals surface area contributed by atoms with Crippen LogP contribution >= 0.6 is 0 Å². The van der Waals surface area contributed by atoms with E-state index in [4.69, 9.17) is 0 Å². The Labute approximate surface area is 145 Å². The van der Waals surface area contributed by atoms with E-state index in [1.165, 1.54) is 24.3 Å². The summed E-state index contributed by atoms with van der Waals surface area (Å²) in [6, 6.07) is 5.14. The van der Waals surface area contributed by atoms with Crippen LogP contribution in [0.1, 0.15) is 37.0 Å². The van der Waals surface area contributed by atoms with Gasteiger partial charge in [-0.05, 0) is 37.5 Å². The lowest BCUT2D eigenvalue weighted by Gasteiger charge is -2.24. The number of benzene rings is 1. The van der Waals surface area contributed by atoms with E-state index in [0.29, 0.717) is 5.56 Å². The van der Waals surface area contributed by atoms with Gasteiger partial charge in [0.25, 0.3) is 0 Å². The second kappa shape index (κ2) is 7.18. The highest BCUT2D eigenvalue weighted by Gasteiger charge is 2.24. The van der Waals surface area contributed by atoms with Crippen LogP contribution in [0.4, 0.5) is 9.18 Å². The third kappa shape index (κ3) is 4.14. The predicted octanol–water partition coefficient (Wildman–Crippen LogP) is 1.46. The van der Waals surface area contributed by atoms with E-state index in [-0.39, 0.29) is 18.9 Å². The van der Waals surface area contributed by atoms with Gasteiger partial charge in [-0.1, -0.05) is 12.1 Å². The van der Waals surface area contributed by atoms with Crippen LogP contribution < -0.4 is 10.6 Å². The number of aromatic nitrogens is 3. The summed E-state index contributed by atoms with van der Waals surface area (Å²) in [5.74, 6) is 1.32. The van der Waals surface area contributed by atoms with Gasteiger partial charge in [-0.2, -0.15) is 0 Å². The standard InChI is InChI=1S/C17H22FN5O2/c1-17(25,12-5-7-13(18)8-6-12)11-20-16(24)19-10-15-22-21-14-4-2-3-9-23(14)15/h5-8,25H,2-4,9-11H2,1H3,(H2,19,20,24). The van der Waals surface area contributed by atoms with Crippen LogP contribution in [0, 0.1) is 5.82 Å². The SMILES string of the molecule is CC(O)(CNC(=O)NCc1nnc2n1CCCC2)c1ccc(F)cc1. The Morgan fingerprint density at radius 3 is 2.80 bits per heavy atom. The third-order valence-corrected chi connectivity index (χ3v) is 4.40. The molecular weight excluding hydrogens is 325 g/mol. The van der Waals surface area contributed by atoms with Crippen molar-refractivity contribution in [3.8, 4) is 0 Å². The molecule has 1 aromatic heterocycles. The van der Waals surface area contributed by atoms with Crippen molar-refractivity contribution < 1.29 is 14.3 Å². The van der Waals surface area contributed by atoms with Gasteiger partial charge in [-0.3, -0.25) is 0 Å². The fourth-order valence-electron chi connectivity index (χ4n) is 2.88. The Bertz CT molecular complexity index is 742. The lowest BCUT2D eigenvalue weighted by Crippen LogP contribution is -2.43. The van der Waals surface area contributed by atoms with Crippen molar-refractivity contribution >= 4 is 6.03 Å². The molecule has 0 radical (unpaired) electrons. The molecule has 2 heterocycles. The molecule has 1 atom stereocenters. The van der Waals surface area contributed by atoms with Crippen LogP contribution in [0.25, 0.3) is 0 Å². The van der Waals surface area contributed by atoms with Crippen LogP contribution in [0.3, 0.4) is 0 Å². The molecule has 1 aliphatic rings. The first kappa shape index (κ1) is 17.3. The van der Waals surface area contributed by atoms with Gasteiger partial charge in [0, 0.05) is 13.0 Å². The Hall–Kier alpha value is -2.48. The number of carbonyl (C=O) groups excluding carboxylic acids is 1. The number of nitrogens with zero attached hydrogens (tertiary/aromatic N) is 3. The summed E-state index contributed by atoms with van der Waals surface area (Å²) in [7, 11) is 0. The molecule has 1 aromatic carbocycles. The lowest BCUT2D eigenvalue weighted by atomic mass is 9.96. The van der Waals surface area contributed by atoms with Gasteiger partial charge in [0.05, 0.1) is 13.1 Å². The van der Waals surface area contributed by atoms with E-state index in [0.717, 1.165) is 37.5 Å². The molecule has 7 nitrogen and oxygen atoms in total. The summed E-state index contributed by atoms with van der Waals surface area (Å²) in [5.41, 5.74) is -0.764. The highest BCUT2D eigenvalue weighted by molar-refractivity contribution is 5.73. The summed E-state index contributed by atoms with van der Waals surface area (Å²) >= 11 is 0. The highest BCUT2D eigenvalue weighted by Crippen LogP contribution is 2.19. The van der Waals surface area contributed by atoms with Crippen molar-refractivity contribution in [3.05, 3.63) is 47.3 Å². The molecule has 0 saturated carbocycles. The van der Waals surface area contributed by atoms with E-state index in [2.05, 4.69) is 20.8 Å². The average Bonchev–Trinajstić information content (AvgIpc) is 3.02. The number of nitrogens with one attached hydrogen (secondary N) is 2. The normalized spacial score (nSPS) is 16.0. The number of aryl methyl sites for hydroxylation is 1. The highest BCUT2D eigenvalue weighted by atomic mass is 19.1. The van der Waals surface area contributed by atoms with Crippen molar-refractivity contribution in [3.63, 3.8) is 0 Å². The number of urea groups is 1. The summed E-state index contributed by atoms with van der Waals surface area (Å²) < 4.78 is 15.0. The molecule has 0 saturated heterocycles. The van der Waals surface area contributed by atoms with Crippen LogP contribution in [0.2, 0.25) is 0 Å². The maximum Gasteiger partial charge on any atom is 0.315 e. The molecule has 0 spiro atoms. The van der Waals surface area contributed by atoms with Gasteiger partial charge in [0.2, 0.25) is 0 Å². The maximum atomic E-state index is 13.0. The zero-order chi connectivity index (χ0) is 17.9. The molecule has 0 fully saturated rings. The molecule has 134 valence electrons. The molecule has 2 aromatic rings. The van der Waals surface area contributed by atoms with Crippen molar-refractivity contribution in [2.45, 2.75) is 44.9 Å².